The van der Waals surface area contributed by atoms with Crippen LogP contribution in [0.25, 0.3) is 10.9 Å². The van der Waals surface area contributed by atoms with Crippen molar-refractivity contribution in [2.75, 3.05) is 25.2 Å². The summed E-state index contributed by atoms with van der Waals surface area (Å²) in [6, 6.07) is 8.76. The Bertz CT molecular complexity index is 1120. The van der Waals surface area contributed by atoms with Crippen LogP contribution in [0.4, 0.5) is 5.00 Å². The number of aromatic nitrogens is 2. The van der Waals surface area contributed by atoms with Crippen molar-refractivity contribution in [3.05, 3.63) is 57.0 Å². The second kappa shape index (κ2) is 11.2. The molecule has 0 bridgehead atoms. The maximum atomic E-state index is 12.6. The van der Waals surface area contributed by atoms with Crippen molar-refractivity contribution in [1.82, 2.24) is 15.3 Å². The molecule has 32 heavy (non-hydrogen) atoms. The van der Waals surface area contributed by atoms with E-state index in [0.29, 0.717) is 41.0 Å². The number of anilines is 1. The molecule has 1 atom stereocenters. The van der Waals surface area contributed by atoms with E-state index in [0.717, 1.165) is 10.6 Å². The fourth-order valence-electron chi connectivity index (χ4n) is 3.35. The van der Waals surface area contributed by atoms with Gasteiger partial charge in [-0.3, -0.25) is 20.1 Å². The summed E-state index contributed by atoms with van der Waals surface area (Å²) in [6.45, 7) is 2.36. The molecule has 3 aromatic rings. The minimum Gasteiger partial charge on any atom is -0.362 e. The van der Waals surface area contributed by atoms with Crippen molar-refractivity contribution in [1.29, 1.82) is 0 Å². The average Bonchev–Trinajstić information content (AvgIpc) is 3.25. The van der Waals surface area contributed by atoms with Gasteiger partial charge in [0.2, 0.25) is 0 Å². The van der Waals surface area contributed by atoms with Gasteiger partial charge in [0, 0.05) is 13.6 Å². The summed E-state index contributed by atoms with van der Waals surface area (Å²) in [5.74, 6) is 0.298. The van der Waals surface area contributed by atoms with Crippen LogP contribution in [-0.4, -0.2) is 52.7 Å². The normalized spacial score (nSPS) is 12.1. The summed E-state index contributed by atoms with van der Waals surface area (Å²) in [5.41, 5.74) is 1.43. The zero-order valence-electron chi connectivity index (χ0n) is 17.8. The largest absolute Gasteiger partial charge is 0.362 e. The van der Waals surface area contributed by atoms with E-state index < -0.39 is 6.04 Å². The lowest BCUT2D eigenvalue weighted by Gasteiger charge is -2.18. The molecule has 2 aromatic heterocycles. The number of H-pyrrole nitrogens is 1. The molecule has 0 aliphatic heterocycles. The molecule has 11 heteroatoms. The zero-order chi connectivity index (χ0) is 23.1. The molecule has 10 nitrogen and oxygen atoms in total. The van der Waals surface area contributed by atoms with Crippen LogP contribution in [0.5, 0.6) is 0 Å². The van der Waals surface area contributed by atoms with Gasteiger partial charge in [0.15, 0.2) is 0 Å². The molecule has 1 amide bonds. The van der Waals surface area contributed by atoms with Gasteiger partial charge in [-0.05, 0) is 49.6 Å². The molecule has 2 heterocycles. The maximum absolute atomic E-state index is 12.6. The van der Waals surface area contributed by atoms with E-state index in [4.69, 9.17) is 10.5 Å². The average molecular weight is 463 g/mol. The smallest absolute Gasteiger partial charge is 0.261 e. The summed E-state index contributed by atoms with van der Waals surface area (Å²) in [7, 11) is 1.91. The lowest BCUT2D eigenvalue weighted by molar-refractivity contribution is -0.250. The van der Waals surface area contributed by atoms with Crippen LogP contribution >= 0.6 is 11.3 Å². The number of amides is 1. The molecule has 0 aliphatic carbocycles. The number of benzene rings is 1. The summed E-state index contributed by atoms with van der Waals surface area (Å²) in [6.07, 6.45) is 0.966. The Hall–Kier alpha value is -2.83. The third-order valence-corrected chi connectivity index (χ3v) is 6.10. The van der Waals surface area contributed by atoms with E-state index in [1.165, 1.54) is 11.3 Å². The minimum atomic E-state index is -0.418. The first-order valence-corrected chi connectivity index (χ1v) is 10.9. The number of carbonyl (C=O) groups is 1. The summed E-state index contributed by atoms with van der Waals surface area (Å²) < 4.78 is 0. The lowest BCUT2D eigenvalue weighted by atomic mass is 10.1. The molecular weight excluding hydrogens is 436 g/mol. The van der Waals surface area contributed by atoms with Gasteiger partial charge in [-0.1, -0.05) is 6.07 Å². The van der Waals surface area contributed by atoms with Gasteiger partial charge in [0.25, 0.3) is 11.5 Å². The molecule has 0 unspecified atom stereocenters. The molecule has 172 valence electrons. The second-order valence-corrected chi connectivity index (χ2v) is 8.50. The highest BCUT2D eigenvalue weighted by atomic mass is 32.1. The van der Waals surface area contributed by atoms with Gasteiger partial charge >= 0.3 is 0 Å². The third kappa shape index (κ3) is 6.11. The fourth-order valence-corrected chi connectivity index (χ4v) is 4.22. The van der Waals surface area contributed by atoms with Crippen molar-refractivity contribution >= 4 is 33.1 Å². The number of nitrogens with one attached hydrogen (secondary N) is 2. The number of rotatable bonds is 11. The monoisotopic (exact) mass is 462 g/mol. The predicted molar refractivity (Wildman–Crippen MR) is 121 cm³/mol. The summed E-state index contributed by atoms with van der Waals surface area (Å²) in [5, 5.41) is 21.4. The number of thiophene rings is 1. The SMILES string of the molecule is Cc1nc2ccc(CN(C)c3ccc(C(=O)N[C@@H](CCCOO)COO)s3)cc2c(=O)[nH]1. The minimum absolute atomic E-state index is 0.0647. The van der Waals surface area contributed by atoms with Crippen LogP contribution in [0.2, 0.25) is 0 Å². The van der Waals surface area contributed by atoms with Crippen LogP contribution in [0.15, 0.2) is 35.1 Å². The molecule has 0 spiro atoms. The second-order valence-electron chi connectivity index (χ2n) is 7.44. The highest BCUT2D eigenvalue weighted by Gasteiger charge is 2.17. The van der Waals surface area contributed by atoms with Crippen molar-refractivity contribution in [3.8, 4) is 0 Å². The van der Waals surface area contributed by atoms with Gasteiger partial charge in [0.05, 0.1) is 33.4 Å². The van der Waals surface area contributed by atoms with E-state index >= 15 is 0 Å². The molecule has 1 aromatic carbocycles. The van der Waals surface area contributed by atoms with Crippen LogP contribution in [-0.2, 0) is 16.3 Å². The van der Waals surface area contributed by atoms with Crippen molar-refractivity contribution in [2.24, 2.45) is 0 Å². The zero-order valence-corrected chi connectivity index (χ0v) is 18.6. The number of hydrogen-bond donors (Lipinski definition) is 4. The van der Waals surface area contributed by atoms with Gasteiger partial charge in [-0.25, -0.2) is 14.8 Å². The summed E-state index contributed by atoms with van der Waals surface area (Å²) in [4.78, 5) is 42.6. The van der Waals surface area contributed by atoms with Crippen LogP contribution in [0.3, 0.4) is 0 Å². The first kappa shape index (κ1) is 23.8. The van der Waals surface area contributed by atoms with Gasteiger partial charge in [-0.15, -0.1) is 11.3 Å². The Morgan fingerprint density at radius 3 is 2.84 bits per heavy atom. The Balaban J connectivity index is 1.66. The lowest BCUT2D eigenvalue weighted by Crippen LogP contribution is -2.37. The van der Waals surface area contributed by atoms with E-state index in [1.54, 1.807) is 13.0 Å². The van der Waals surface area contributed by atoms with E-state index in [-0.39, 0.29) is 24.7 Å². The Kier molecular flexibility index (Phi) is 8.31. The van der Waals surface area contributed by atoms with E-state index in [1.807, 2.05) is 36.2 Å². The van der Waals surface area contributed by atoms with Crippen LogP contribution in [0, 0.1) is 6.92 Å². The Morgan fingerprint density at radius 1 is 1.28 bits per heavy atom. The first-order valence-electron chi connectivity index (χ1n) is 10.1. The Labute approximate surface area is 188 Å². The number of fused-ring (bicyclic) bond motifs is 1. The van der Waals surface area contributed by atoms with Gasteiger partial charge in [-0.2, -0.15) is 0 Å². The molecule has 3 rings (SSSR count). The highest BCUT2D eigenvalue weighted by molar-refractivity contribution is 7.17. The molecule has 0 fully saturated rings. The van der Waals surface area contributed by atoms with Gasteiger partial charge < -0.3 is 15.2 Å². The molecule has 0 saturated carbocycles. The highest BCUT2D eigenvalue weighted by Crippen LogP contribution is 2.27. The van der Waals surface area contributed by atoms with E-state index in [9.17, 15) is 9.59 Å². The molecule has 0 saturated heterocycles. The topological polar surface area (TPSA) is 137 Å². The number of aromatic amines is 1. The van der Waals surface area contributed by atoms with Gasteiger partial charge in [0.1, 0.15) is 12.4 Å². The number of hydrogen-bond acceptors (Lipinski definition) is 9. The number of carbonyl (C=O) groups excluding carboxylic acids is 1. The van der Waals surface area contributed by atoms with Crippen molar-refractivity contribution in [3.63, 3.8) is 0 Å². The van der Waals surface area contributed by atoms with Crippen LogP contribution < -0.4 is 15.8 Å². The van der Waals surface area contributed by atoms with E-state index in [2.05, 4.69) is 25.1 Å². The molecule has 0 aliphatic rings. The molecule has 0 radical (unpaired) electrons. The molecular formula is C21H26N4O6S. The van der Waals surface area contributed by atoms with Crippen molar-refractivity contribution in [2.45, 2.75) is 32.4 Å². The molecule has 4 N–H and O–H groups in total. The first-order chi connectivity index (χ1) is 15.4. The maximum Gasteiger partial charge on any atom is 0.261 e. The van der Waals surface area contributed by atoms with Crippen molar-refractivity contribution < 1.29 is 25.1 Å². The standard InChI is InChI=1S/C21H26N4O6S/c1-13-22-17-6-5-14(10-16(17)20(26)23-13)11-25(2)19-8-7-18(32-19)21(27)24-15(12-31-29)4-3-9-30-28/h5-8,10,15,28-29H,3-4,9,11-12H2,1-2H3,(H,24,27)(H,22,23,26)/t15-/m0/s1. The third-order valence-electron chi connectivity index (χ3n) is 4.90. The summed E-state index contributed by atoms with van der Waals surface area (Å²) >= 11 is 1.33. The quantitative estimate of drug-likeness (QED) is 0.194. The van der Waals surface area contributed by atoms with Crippen LogP contribution in [0.1, 0.15) is 33.9 Å². The number of nitrogens with zero attached hydrogens (tertiary/aromatic N) is 2. The predicted octanol–water partition coefficient (Wildman–Crippen LogP) is 2.79. The number of aryl methyl sites for hydroxylation is 1. The fraction of sp³-hybridized carbons (Fsp3) is 0.381. The Morgan fingerprint density at radius 2 is 2.09 bits per heavy atom.